The zero-order valence-electron chi connectivity index (χ0n) is 18.9. The summed E-state index contributed by atoms with van der Waals surface area (Å²) in [6.45, 7) is -0.179. The van der Waals surface area contributed by atoms with Crippen molar-refractivity contribution in [3.8, 4) is 23.5 Å². The van der Waals surface area contributed by atoms with Gasteiger partial charge in [0.25, 0.3) is 0 Å². The average molecular weight is 461 g/mol. The summed E-state index contributed by atoms with van der Waals surface area (Å²) in [4.78, 5) is 37.1. The number of terminal acetylenes is 1. The lowest BCUT2D eigenvalue weighted by atomic mass is 9.98. The van der Waals surface area contributed by atoms with Crippen molar-refractivity contribution in [1.29, 1.82) is 0 Å². The molecule has 4 rings (SSSR count). The second-order valence-corrected chi connectivity index (χ2v) is 8.90. The number of nitrogens with one attached hydrogen (secondary N) is 1. The predicted molar refractivity (Wildman–Crippen MR) is 127 cm³/mol. The van der Waals surface area contributed by atoms with Gasteiger partial charge in [-0.2, -0.15) is 0 Å². The number of carboxylic acid groups (broad SMARTS) is 1. The van der Waals surface area contributed by atoms with Crippen molar-refractivity contribution in [3.63, 3.8) is 0 Å². The molecule has 2 N–H and O–H groups in total. The first-order valence-electron chi connectivity index (χ1n) is 11.5. The SMILES string of the molecule is C#CCN(CC(=O)O)C(=O)C[C@H]1CC[C@@H](NC(=O)OCC2c3ccccc3-c3ccccc32)C1. The van der Waals surface area contributed by atoms with Crippen LogP contribution in [0.1, 0.15) is 42.7 Å². The van der Waals surface area contributed by atoms with Gasteiger partial charge in [-0.15, -0.1) is 6.42 Å². The number of rotatable bonds is 8. The van der Waals surface area contributed by atoms with Crippen LogP contribution in [0.3, 0.4) is 0 Å². The monoisotopic (exact) mass is 460 g/mol. The molecule has 176 valence electrons. The Morgan fingerprint density at radius 1 is 1.06 bits per heavy atom. The highest BCUT2D eigenvalue weighted by molar-refractivity contribution is 5.82. The summed E-state index contributed by atoms with van der Waals surface area (Å²) in [7, 11) is 0. The van der Waals surface area contributed by atoms with Crippen molar-refractivity contribution < 1.29 is 24.2 Å². The number of ether oxygens (including phenoxy) is 1. The van der Waals surface area contributed by atoms with Crippen molar-refractivity contribution in [3.05, 3.63) is 59.7 Å². The Kier molecular flexibility index (Phi) is 7.17. The molecule has 1 saturated carbocycles. The molecule has 2 aromatic rings. The van der Waals surface area contributed by atoms with Crippen LogP contribution in [0.2, 0.25) is 0 Å². The van der Waals surface area contributed by atoms with Crippen LogP contribution in [-0.4, -0.2) is 53.7 Å². The minimum Gasteiger partial charge on any atom is -0.480 e. The van der Waals surface area contributed by atoms with E-state index in [-0.39, 0.29) is 43.4 Å². The van der Waals surface area contributed by atoms with Gasteiger partial charge in [-0.3, -0.25) is 9.59 Å². The van der Waals surface area contributed by atoms with Crippen LogP contribution in [0.4, 0.5) is 4.79 Å². The van der Waals surface area contributed by atoms with E-state index in [2.05, 4.69) is 35.5 Å². The summed E-state index contributed by atoms with van der Waals surface area (Å²) >= 11 is 0. The molecule has 0 aromatic heterocycles. The molecule has 34 heavy (non-hydrogen) atoms. The molecule has 7 heteroatoms. The third kappa shape index (κ3) is 5.23. The number of aliphatic carboxylic acids is 1. The number of fused-ring (bicyclic) bond motifs is 3. The van der Waals surface area contributed by atoms with Gasteiger partial charge in [-0.25, -0.2) is 4.79 Å². The first kappa shape index (κ1) is 23.4. The van der Waals surface area contributed by atoms with E-state index in [1.165, 1.54) is 16.0 Å². The summed E-state index contributed by atoms with van der Waals surface area (Å²) in [6, 6.07) is 16.3. The maximum absolute atomic E-state index is 12.5. The smallest absolute Gasteiger partial charge is 0.407 e. The molecule has 0 saturated heterocycles. The van der Waals surface area contributed by atoms with E-state index in [4.69, 9.17) is 16.3 Å². The van der Waals surface area contributed by atoms with Gasteiger partial charge in [0, 0.05) is 18.4 Å². The van der Waals surface area contributed by atoms with Gasteiger partial charge in [-0.1, -0.05) is 54.5 Å². The summed E-state index contributed by atoms with van der Waals surface area (Å²) in [5, 5.41) is 11.9. The molecule has 0 radical (unpaired) electrons. The molecular weight excluding hydrogens is 432 g/mol. The molecular formula is C27H28N2O5. The Hall–Kier alpha value is -3.79. The largest absolute Gasteiger partial charge is 0.480 e. The van der Waals surface area contributed by atoms with Crippen LogP contribution >= 0.6 is 0 Å². The van der Waals surface area contributed by atoms with E-state index in [0.717, 1.165) is 24.0 Å². The second kappa shape index (κ2) is 10.4. The molecule has 0 unspecified atom stereocenters. The van der Waals surface area contributed by atoms with Crippen LogP contribution < -0.4 is 5.32 Å². The summed E-state index contributed by atoms with van der Waals surface area (Å²) in [5.41, 5.74) is 4.68. The van der Waals surface area contributed by atoms with E-state index < -0.39 is 18.6 Å². The van der Waals surface area contributed by atoms with Crippen molar-refractivity contribution in [2.24, 2.45) is 5.92 Å². The maximum Gasteiger partial charge on any atom is 0.407 e. The topological polar surface area (TPSA) is 95.9 Å². The minimum absolute atomic E-state index is 0.00321. The molecule has 2 aromatic carbocycles. The number of carboxylic acids is 1. The highest BCUT2D eigenvalue weighted by atomic mass is 16.5. The fourth-order valence-electron chi connectivity index (χ4n) is 5.08. The Morgan fingerprint density at radius 2 is 1.71 bits per heavy atom. The quantitative estimate of drug-likeness (QED) is 0.587. The average Bonchev–Trinajstić information content (AvgIpc) is 3.39. The van der Waals surface area contributed by atoms with Crippen LogP contribution in [0.25, 0.3) is 11.1 Å². The van der Waals surface area contributed by atoms with Crippen LogP contribution in [0.5, 0.6) is 0 Å². The molecule has 2 atom stereocenters. The molecule has 0 spiro atoms. The maximum atomic E-state index is 12.5. The highest BCUT2D eigenvalue weighted by Crippen LogP contribution is 2.44. The van der Waals surface area contributed by atoms with E-state index in [9.17, 15) is 14.4 Å². The van der Waals surface area contributed by atoms with Crippen molar-refractivity contribution in [2.75, 3.05) is 19.7 Å². The van der Waals surface area contributed by atoms with Crippen molar-refractivity contribution >= 4 is 18.0 Å². The molecule has 1 fully saturated rings. The number of carbonyl (C=O) groups is 3. The summed E-state index contributed by atoms with van der Waals surface area (Å²) < 4.78 is 5.62. The molecule has 0 heterocycles. The number of hydrogen-bond donors (Lipinski definition) is 2. The molecule has 0 bridgehead atoms. The zero-order valence-corrected chi connectivity index (χ0v) is 18.9. The number of benzene rings is 2. The second-order valence-electron chi connectivity index (χ2n) is 8.90. The lowest BCUT2D eigenvalue weighted by molar-refractivity contribution is -0.144. The highest BCUT2D eigenvalue weighted by Gasteiger charge is 2.31. The van der Waals surface area contributed by atoms with E-state index in [1.54, 1.807) is 0 Å². The molecule has 2 amide bonds. The zero-order chi connectivity index (χ0) is 24.1. The Balaban J connectivity index is 1.28. The van der Waals surface area contributed by atoms with Gasteiger partial charge in [0.1, 0.15) is 13.2 Å². The normalized spacial score (nSPS) is 18.4. The standard InChI is InChI=1S/C27H28N2O5/c1-2-13-29(16-26(31)32)25(30)15-18-11-12-19(14-18)28-27(33)34-17-24-22-9-5-3-7-20(22)21-8-4-6-10-23(21)24/h1,3-10,18-19,24H,11-17H2,(H,28,33)(H,31,32)/t18-,19+/m0/s1. The third-order valence-electron chi connectivity index (χ3n) is 6.63. The number of amides is 2. The van der Waals surface area contributed by atoms with Crippen LogP contribution in [0.15, 0.2) is 48.5 Å². The number of hydrogen-bond acceptors (Lipinski definition) is 4. The number of nitrogens with zero attached hydrogens (tertiary/aromatic N) is 1. The van der Waals surface area contributed by atoms with E-state index in [0.29, 0.717) is 6.42 Å². The number of alkyl carbamates (subject to hydrolysis) is 1. The Bertz CT molecular complexity index is 1080. The van der Waals surface area contributed by atoms with Gasteiger partial charge >= 0.3 is 12.1 Å². The molecule has 0 aliphatic heterocycles. The summed E-state index contributed by atoms with van der Waals surface area (Å²) in [6.07, 6.45) is 7.18. The first-order chi connectivity index (χ1) is 16.5. The van der Waals surface area contributed by atoms with Gasteiger partial charge in [0.05, 0.1) is 6.54 Å². The molecule has 2 aliphatic rings. The fourth-order valence-corrected chi connectivity index (χ4v) is 5.08. The van der Waals surface area contributed by atoms with Crippen LogP contribution in [0, 0.1) is 18.3 Å². The van der Waals surface area contributed by atoms with E-state index in [1.807, 2.05) is 24.3 Å². The summed E-state index contributed by atoms with van der Waals surface area (Å²) in [5.74, 6) is 1.04. The third-order valence-corrected chi connectivity index (χ3v) is 6.63. The Labute approximate surface area is 199 Å². The number of carbonyl (C=O) groups excluding carboxylic acids is 2. The molecule has 7 nitrogen and oxygen atoms in total. The predicted octanol–water partition coefficient (Wildman–Crippen LogP) is 3.63. The fraction of sp³-hybridized carbons (Fsp3) is 0.370. The van der Waals surface area contributed by atoms with Gasteiger partial charge in [0.2, 0.25) is 5.91 Å². The minimum atomic E-state index is -1.09. The van der Waals surface area contributed by atoms with Crippen LogP contribution in [-0.2, 0) is 14.3 Å². The Morgan fingerprint density at radius 3 is 2.32 bits per heavy atom. The van der Waals surface area contributed by atoms with Gasteiger partial charge < -0.3 is 20.1 Å². The van der Waals surface area contributed by atoms with E-state index >= 15 is 0 Å². The van der Waals surface area contributed by atoms with Crippen molar-refractivity contribution in [1.82, 2.24) is 10.2 Å². The van der Waals surface area contributed by atoms with Crippen molar-refractivity contribution in [2.45, 2.75) is 37.6 Å². The first-order valence-corrected chi connectivity index (χ1v) is 11.5. The lowest BCUT2D eigenvalue weighted by Crippen LogP contribution is -2.37. The van der Waals surface area contributed by atoms with Gasteiger partial charge in [-0.05, 0) is 47.4 Å². The lowest BCUT2D eigenvalue weighted by Gasteiger charge is -2.20. The van der Waals surface area contributed by atoms with Gasteiger partial charge in [0.15, 0.2) is 0 Å². The molecule has 2 aliphatic carbocycles.